The van der Waals surface area contributed by atoms with Crippen molar-refractivity contribution in [2.45, 2.75) is 30.3 Å². The SMILES string of the molecule is COC[C@H](C)n1c(S[C@@H](C)C(=O)N(C)c2ccccc2)nc2ccccc2c1=O. The van der Waals surface area contributed by atoms with Crippen LogP contribution in [0.25, 0.3) is 10.9 Å². The number of hydrogen-bond acceptors (Lipinski definition) is 5. The number of rotatable bonds is 7. The van der Waals surface area contributed by atoms with Gasteiger partial charge >= 0.3 is 0 Å². The van der Waals surface area contributed by atoms with Gasteiger partial charge in [-0.15, -0.1) is 0 Å². The third kappa shape index (κ3) is 4.52. The van der Waals surface area contributed by atoms with Crippen LogP contribution in [0.1, 0.15) is 19.9 Å². The number of aromatic nitrogens is 2. The van der Waals surface area contributed by atoms with E-state index in [0.717, 1.165) is 5.69 Å². The molecule has 3 rings (SSSR count). The molecule has 0 aliphatic carbocycles. The number of nitrogens with zero attached hydrogens (tertiary/aromatic N) is 3. The Bertz CT molecular complexity index is 1050. The van der Waals surface area contributed by atoms with E-state index in [-0.39, 0.29) is 17.5 Å². The number of carbonyl (C=O) groups is 1. The Hall–Kier alpha value is -2.64. The van der Waals surface area contributed by atoms with Crippen molar-refractivity contribution in [3.05, 3.63) is 65.0 Å². The van der Waals surface area contributed by atoms with Crippen LogP contribution in [0, 0.1) is 0 Å². The van der Waals surface area contributed by atoms with E-state index in [9.17, 15) is 9.59 Å². The van der Waals surface area contributed by atoms with E-state index in [1.165, 1.54) is 11.8 Å². The zero-order valence-corrected chi connectivity index (χ0v) is 17.8. The number of fused-ring (bicyclic) bond motifs is 1. The van der Waals surface area contributed by atoms with E-state index < -0.39 is 5.25 Å². The first-order chi connectivity index (χ1) is 13.9. The minimum atomic E-state index is -0.422. The Kier molecular flexibility index (Phi) is 6.71. The van der Waals surface area contributed by atoms with Gasteiger partial charge in [0.2, 0.25) is 5.91 Å². The Morgan fingerprint density at radius 3 is 2.48 bits per heavy atom. The standard InChI is InChI=1S/C22H25N3O3S/c1-15(14-28-4)25-21(27)18-12-8-9-13-19(18)23-22(25)29-16(2)20(26)24(3)17-10-6-5-7-11-17/h5-13,15-16H,14H2,1-4H3/t15-,16-/m0/s1. The molecule has 0 bridgehead atoms. The zero-order valence-electron chi connectivity index (χ0n) is 17.0. The van der Waals surface area contributed by atoms with Crippen LogP contribution in [0.2, 0.25) is 0 Å². The summed E-state index contributed by atoms with van der Waals surface area (Å²) in [7, 11) is 3.35. The van der Waals surface area contributed by atoms with Crippen LogP contribution in [0.15, 0.2) is 64.5 Å². The molecule has 0 spiro atoms. The molecule has 2 atom stereocenters. The van der Waals surface area contributed by atoms with Crippen molar-refractivity contribution in [2.75, 3.05) is 25.7 Å². The first-order valence-electron chi connectivity index (χ1n) is 9.43. The first kappa shape index (κ1) is 21.1. The van der Waals surface area contributed by atoms with E-state index in [1.807, 2.05) is 62.4 Å². The van der Waals surface area contributed by atoms with Crippen LogP contribution in [0.4, 0.5) is 5.69 Å². The highest BCUT2D eigenvalue weighted by molar-refractivity contribution is 8.00. The van der Waals surface area contributed by atoms with Crippen LogP contribution < -0.4 is 10.5 Å². The van der Waals surface area contributed by atoms with Gasteiger partial charge in [0.25, 0.3) is 5.56 Å². The molecular weight excluding hydrogens is 386 g/mol. The molecule has 152 valence electrons. The van der Waals surface area contributed by atoms with Crippen molar-refractivity contribution >= 4 is 34.3 Å². The van der Waals surface area contributed by atoms with Gasteiger partial charge in [0, 0.05) is 19.8 Å². The quantitative estimate of drug-likeness (QED) is 0.438. The Labute approximate surface area is 174 Å². The summed E-state index contributed by atoms with van der Waals surface area (Å²) in [5.74, 6) is -0.0606. The second-order valence-electron chi connectivity index (χ2n) is 6.88. The van der Waals surface area contributed by atoms with E-state index >= 15 is 0 Å². The lowest BCUT2D eigenvalue weighted by Gasteiger charge is -2.23. The topological polar surface area (TPSA) is 64.4 Å². The lowest BCUT2D eigenvalue weighted by molar-refractivity contribution is -0.117. The number of anilines is 1. The average Bonchev–Trinajstić information content (AvgIpc) is 2.73. The van der Waals surface area contributed by atoms with E-state index in [0.29, 0.717) is 22.7 Å². The van der Waals surface area contributed by atoms with E-state index in [4.69, 9.17) is 9.72 Å². The summed E-state index contributed by atoms with van der Waals surface area (Å²) in [6, 6.07) is 16.5. The van der Waals surface area contributed by atoms with Gasteiger partial charge in [0.15, 0.2) is 5.16 Å². The molecule has 29 heavy (non-hydrogen) atoms. The third-order valence-electron chi connectivity index (χ3n) is 4.73. The van der Waals surface area contributed by atoms with E-state index in [1.54, 1.807) is 29.7 Å². The largest absolute Gasteiger partial charge is 0.383 e. The summed E-state index contributed by atoms with van der Waals surface area (Å²) in [5.41, 5.74) is 1.32. The zero-order chi connectivity index (χ0) is 21.0. The highest BCUT2D eigenvalue weighted by Gasteiger charge is 2.24. The molecule has 3 aromatic rings. The summed E-state index contributed by atoms with van der Waals surface area (Å²) in [4.78, 5) is 32.4. The van der Waals surface area contributed by atoms with E-state index in [2.05, 4.69) is 0 Å². The Morgan fingerprint density at radius 1 is 1.14 bits per heavy atom. The maximum Gasteiger partial charge on any atom is 0.262 e. The Morgan fingerprint density at radius 2 is 1.79 bits per heavy atom. The first-order valence-corrected chi connectivity index (χ1v) is 10.3. The second-order valence-corrected chi connectivity index (χ2v) is 8.19. The van der Waals surface area contributed by atoms with Crippen molar-refractivity contribution in [1.29, 1.82) is 0 Å². The summed E-state index contributed by atoms with van der Waals surface area (Å²) in [6.45, 7) is 4.12. The molecule has 0 saturated carbocycles. The molecule has 0 aliphatic rings. The summed E-state index contributed by atoms with van der Waals surface area (Å²) in [5, 5.41) is 0.648. The van der Waals surface area contributed by atoms with Crippen LogP contribution in [0.5, 0.6) is 0 Å². The molecule has 1 aromatic heterocycles. The lowest BCUT2D eigenvalue weighted by Crippen LogP contribution is -2.34. The summed E-state index contributed by atoms with van der Waals surface area (Å²) < 4.78 is 6.88. The van der Waals surface area contributed by atoms with Gasteiger partial charge in [-0.1, -0.05) is 42.1 Å². The van der Waals surface area contributed by atoms with Gasteiger partial charge in [-0.05, 0) is 38.1 Å². The van der Waals surface area contributed by atoms with Crippen LogP contribution >= 0.6 is 11.8 Å². The predicted molar refractivity (Wildman–Crippen MR) is 118 cm³/mol. The van der Waals surface area contributed by atoms with Crippen molar-refractivity contribution < 1.29 is 9.53 Å². The molecule has 0 N–H and O–H groups in total. The number of hydrogen-bond donors (Lipinski definition) is 0. The third-order valence-corrected chi connectivity index (χ3v) is 5.78. The summed E-state index contributed by atoms with van der Waals surface area (Å²) in [6.07, 6.45) is 0. The fourth-order valence-corrected chi connectivity index (χ4v) is 4.28. The molecule has 0 radical (unpaired) electrons. The van der Waals surface area contributed by atoms with Crippen molar-refractivity contribution in [3.8, 4) is 0 Å². The highest BCUT2D eigenvalue weighted by Crippen LogP contribution is 2.27. The molecule has 1 amide bonds. The minimum Gasteiger partial charge on any atom is -0.383 e. The van der Waals surface area contributed by atoms with Crippen LogP contribution in [-0.2, 0) is 9.53 Å². The van der Waals surface area contributed by atoms with Gasteiger partial charge in [0.05, 0.1) is 28.8 Å². The lowest BCUT2D eigenvalue weighted by atomic mass is 10.2. The van der Waals surface area contributed by atoms with Gasteiger partial charge in [0.1, 0.15) is 0 Å². The highest BCUT2D eigenvalue weighted by atomic mass is 32.2. The molecular formula is C22H25N3O3S. The maximum absolute atomic E-state index is 13.1. The Balaban J connectivity index is 1.96. The van der Waals surface area contributed by atoms with Gasteiger partial charge in [-0.25, -0.2) is 4.98 Å². The normalized spacial score (nSPS) is 13.2. The molecule has 0 saturated heterocycles. The van der Waals surface area contributed by atoms with Crippen molar-refractivity contribution in [2.24, 2.45) is 0 Å². The number of para-hydroxylation sites is 2. The van der Waals surface area contributed by atoms with Crippen molar-refractivity contribution in [3.63, 3.8) is 0 Å². The van der Waals surface area contributed by atoms with Crippen LogP contribution in [-0.4, -0.2) is 41.5 Å². The van der Waals surface area contributed by atoms with Gasteiger partial charge in [-0.2, -0.15) is 0 Å². The molecule has 1 heterocycles. The second kappa shape index (κ2) is 9.24. The molecule has 0 unspecified atom stereocenters. The number of ether oxygens (including phenoxy) is 1. The number of carbonyl (C=O) groups excluding carboxylic acids is 1. The molecule has 0 aliphatic heterocycles. The average molecular weight is 412 g/mol. The predicted octanol–water partition coefficient (Wildman–Crippen LogP) is 3.75. The molecule has 7 heteroatoms. The minimum absolute atomic E-state index is 0.0606. The number of benzene rings is 2. The van der Waals surface area contributed by atoms with Gasteiger partial charge < -0.3 is 9.64 Å². The summed E-state index contributed by atoms with van der Waals surface area (Å²) >= 11 is 1.29. The van der Waals surface area contributed by atoms with Crippen molar-refractivity contribution in [1.82, 2.24) is 9.55 Å². The number of amides is 1. The molecule has 0 fully saturated rings. The molecule has 2 aromatic carbocycles. The fraction of sp³-hybridized carbons (Fsp3) is 0.318. The molecule has 6 nitrogen and oxygen atoms in total. The monoisotopic (exact) mass is 411 g/mol. The van der Waals surface area contributed by atoms with Crippen LogP contribution in [0.3, 0.4) is 0 Å². The maximum atomic E-state index is 13.1. The number of thioether (sulfide) groups is 1. The van der Waals surface area contributed by atoms with Gasteiger partial charge in [-0.3, -0.25) is 14.2 Å². The fourth-order valence-electron chi connectivity index (χ4n) is 3.17. The number of methoxy groups -OCH3 is 1. The smallest absolute Gasteiger partial charge is 0.262 e.